The van der Waals surface area contributed by atoms with Crippen LogP contribution in [0, 0.1) is 0 Å². The molecule has 0 bridgehead atoms. The minimum absolute atomic E-state index is 0. The van der Waals surface area contributed by atoms with Crippen LogP contribution < -0.4 is 10.2 Å². The van der Waals surface area contributed by atoms with Crippen LogP contribution >= 0.6 is 24.8 Å². The molecule has 0 aliphatic rings. The molecule has 0 spiro atoms. The van der Waals surface area contributed by atoms with Crippen LogP contribution in [0.5, 0.6) is 0 Å². The van der Waals surface area contributed by atoms with Gasteiger partial charge in [-0.15, -0.1) is 24.8 Å². The minimum Gasteiger partial charge on any atom is -0.550 e. The molecule has 4 nitrogen and oxygen atoms in total. The Morgan fingerprint density at radius 3 is 0.605 bits per heavy atom. The fraction of sp³-hybridized carbons (Fsp3) is 0.944. The van der Waals surface area contributed by atoms with E-state index in [-0.39, 0.29) is 65.0 Å². The monoisotopic (exact) mass is 846 g/mol. The Balaban J connectivity index is -0.000000209. The van der Waals surface area contributed by atoms with E-state index in [1.807, 2.05) is 0 Å². The van der Waals surface area contributed by atoms with E-state index in [2.05, 4.69) is 13.8 Å². The average Bonchev–Trinajstić information content (AvgIpc) is 2.93. The van der Waals surface area contributed by atoms with E-state index in [0.717, 1.165) is 25.7 Å². The Kier molecular flexibility index (Phi) is 60.7. The number of halogens is 2. The Bertz CT molecular complexity index is 466. The van der Waals surface area contributed by atoms with Crippen molar-refractivity contribution in [3.8, 4) is 0 Å². The number of carboxylic acid groups (broad SMARTS) is 2. The van der Waals surface area contributed by atoms with E-state index in [9.17, 15) is 19.8 Å². The standard InChI is InChI=1S/2C18H36O2.2ClH.Pb/c2*1-2-3-4-5-6-7-8-9-10-11-12-13-14-15-16-17-18(19)20;;;/h2*2-17H2,1H3,(H,19,20);2*1H;/q;;;;+2/p-2. The largest absolute Gasteiger partial charge is 2.00 e. The predicted octanol–water partition coefficient (Wildman–Crippen LogP) is 10.5. The SMILES string of the molecule is CCCCCCCCCCCCCCCCCC(=O)[O-].CCCCCCCCCCCCCCCCCC(=O)[O-].Cl.Cl.[Pb+2]. The number of hydrogen-bond donors (Lipinski definition) is 0. The summed E-state index contributed by atoms with van der Waals surface area (Å²) in [5.74, 6) is -1.81. The second-order valence-electron chi connectivity index (χ2n) is 12.1. The Hall–Kier alpha value is 0.442. The summed E-state index contributed by atoms with van der Waals surface area (Å²) in [5, 5.41) is 20.4. The van der Waals surface area contributed by atoms with E-state index < -0.39 is 11.9 Å². The third-order valence-electron chi connectivity index (χ3n) is 7.97. The normalized spacial score (nSPS) is 10.1. The zero-order valence-corrected chi connectivity index (χ0v) is 34.1. The Labute approximate surface area is 301 Å². The molecule has 2 radical (unpaired) electrons. The van der Waals surface area contributed by atoms with Gasteiger partial charge in [0, 0.05) is 11.9 Å². The maximum atomic E-state index is 10.2. The van der Waals surface area contributed by atoms with E-state index in [4.69, 9.17) is 0 Å². The molecule has 0 heterocycles. The first-order valence-corrected chi connectivity index (χ1v) is 17.9. The average molecular weight is 847 g/mol. The van der Waals surface area contributed by atoms with Crippen molar-refractivity contribution in [3.05, 3.63) is 0 Å². The molecular formula is C36H72Cl2O4Pb. The van der Waals surface area contributed by atoms with Gasteiger partial charge in [0.2, 0.25) is 0 Å². The fourth-order valence-electron chi connectivity index (χ4n) is 5.28. The molecule has 0 aromatic carbocycles. The van der Waals surface area contributed by atoms with Crippen LogP contribution in [0.3, 0.4) is 0 Å². The topological polar surface area (TPSA) is 80.3 Å². The molecule has 0 aromatic heterocycles. The van der Waals surface area contributed by atoms with Gasteiger partial charge in [0.05, 0.1) is 0 Å². The molecule has 0 aliphatic heterocycles. The molecule has 7 heteroatoms. The van der Waals surface area contributed by atoms with Gasteiger partial charge in [0.15, 0.2) is 0 Å². The predicted molar refractivity (Wildman–Crippen MR) is 189 cm³/mol. The maximum absolute atomic E-state index is 10.2. The summed E-state index contributed by atoms with van der Waals surface area (Å²) in [7, 11) is 0. The maximum Gasteiger partial charge on any atom is 2.00 e. The fourth-order valence-corrected chi connectivity index (χ4v) is 5.28. The first-order chi connectivity index (χ1) is 19.5. The van der Waals surface area contributed by atoms with Gasteiger partial charge in [-0.2, -0.15) is 0 Å². The number of carboxylic acids is 2. The second-order valence-corrected chi connectivity index (χ2v) is 12.1. The summed E-state index contributed by atoms with van der Waals surface area (Å²) in [6.45, 7) is 4.53. The summed E-state index contributed by atoms with van der Waals surface area (Å²) < 4.78 is 0. The van der Waals surface area contributed by atoms with Gasteiger partial charge in [-0.25, -0.2) is 0 Å². The van der Waals surface area contributed by atoms with Crippen LogP contribution in [0.15, 0.2) is 0 Å². The molecule has 0 unspecified atom stereocenters. The van der Waals surface area contributed by atoms with Gasteiger partial charge in [0.1, 0.15) is 0 Å². The molecule has 258 valence electrons. The molecule has 0 atom stereocenters. The van der Waals surface area contributed by atoms with Gasteiger partial charge in [-0.3, -0.25) is 0 Å². The van der Waals surface area contributed by atoms with E-state index in [1.54, 1.807) is 0 Å². The third kappa shape index (κ3) is 58.5. The molecule has 0 aromatic rings. The van der Waals surface area contributed by atoms with Gasteiger partial charge in [0.25, 0.3) is 0 Å². The Morgan fingerprint density at radius 2 is 0.465 bits per heavy atom. The molecule has 43 heavy (non-hydrogen) atoms. The van der Waals surface area contributed by atoms with Crippen molar-refractivity contribution in [2.24, 2.45) is 0 Å². The summed E-state index contributed by atoms with van der Waals surface area (Å²) in [5.41, 5.74) is 0. The number of aliphatic carboxylic acids is 2. The summed E-state index contributed by atoms with van der Waals surface area (Å²) in [6, 6.07) is 0. The first-order valence-electron chi connectivity index (χ1n) is 17.9. The molecule has 0 amide bonds. The Morgan fingerprint density at radius 1 is 0.326 bits per heavy atom. The van der Waals surface area contributed by atoms with Crippen molar-refractivity contribution in [2.45, 2.75) is 219 Å². The van der Waals surface area contributed by atoms with Crippen LogP contribution in [0.4, 0.5) is 0 Å². The van der Waals surface area contributed by atoms with Crippen molar-refractivity contribution in [1.82, 2.24) is 0 Å². The van der Waals surface area contributed by atoms with Crippen LogP contribution in [0.1, 0.15) is 219 Å². The molecular weight excluding hydrogens is 774 g/mol. The van der Waals surface area contributed by atoms with Crippen LogP contribution in [-0.4, -0.2) is 39.2 Å². The van der Waals surface area contributed by atoms with Crippen molar-refractivity contribution >= 4 is 64.1 Å². The number of hydrogen-bond acceptors (Lipinski definition) is 4. The van der Waals surface area contributed by atoms with Gasteiger partial charge >= 0.3 is 27.3 Å². The smallest absolute Gasteiger partial charge is 0.550 e. The molecule has 0 N–H and O–H groups in total. The number of unbranched alkanes of at least 4 members (excludes halogenated alkanes) is 28. The molecule has 0 aliphatic carbocycles. The quantitative estimate of drug-likeness (QED) is 0.0499. The summed E-state index contributed by atoms with van der Waals surface area (Å²) in [4.78, 5) is 20.4. The van der Waals surface area contributed by atoms with Crippen molar-refractivity contribution < 1.29 is 19.8 Å². The van der Waals surface area contributed by atoms with Crippen LogP contribution in [0.25, 0.3) is 0 Å². The van der Waals surface area contributed by atoms with E-state index >= 15 is 0 Å². The molecule has 0 fully saturated rings. The molecule has 0 rings (SSSR count). The number of carbonyl (C=O) groups excluding carboxylic acids is 2. The van der Waals surface area contributed by atoms with Crippen molar-refractivity contribution in [2.75, 3.05) is 0 Å². The van der Waals surface area contributed by atoms with Crippen molar-refractivity contribution in [1.29, 1.82) is 0 Å². The van der Waals surface area contributed by atoms with Crippen LogP contribution in [-0.2, 0) is 9.59 Å². The van der Waals surface area contributed by atoms with Gasteiger partial charge in [-0.05, 0) is 25.7 Å². The zero-order valence-electron chi connectivity index (χ0n) is 28.6. The van der Waals surface area contributed by atoms with Crippen molar-refractivity contribution in [3.63, 3.8) is 0 Å². The third-order valence-corrected chi connectivity index (χ3v) is 7.97. The minimum atomic E-state index is -0.903. The molecule has 0 saturated carbocycles. The number of rotatable bonds is 32. The van der Waals surface area contributed by atoms with Gasteiger partial charge < -0.3 is 19.8 Å². The zero-order chi connectivity index (χ0) is 29.8. The van der Waals surface area contributed by atoms with E-state index in [0.29, 0.717) is 0 Å². The van der Waals surface area contributed by atoms with E-state index in [1.165, 1.54) is 167 Å². The summed E-state index contributed by atoms with van der Waals surface area (Å²) in [6.07, 6.45) is 39.7. The van der Waals surface area contributed by atoms with Gasteiger partial charge in [-0.1, -0.05) is 194 Å². The van der Waals surface area contributed by atoms with Crippen LogP contribution in [0.2, 0.25) is 0 Å². The second kappa shape index (κ2) is 49.3. The first kappa shape index (κ1) is 53.0. The summed E-state index contributed by atoms with van der Waals surface area (Å²) >= 11 is 0. The number of carbonyl (C=O) groups is 2. The molecule has 0 saturated heterocycles.